The van der Waals surface area contributed by atoms with Crippen LogP contribution < -0.4 is 5.32 Å². The zero-order valence-corrected chi connectivity index (χ0v) is 18.0. The molecular formula is C21H36ClN5. The van der Waals surface area contributed by atoms with Gasteiger partial charge in [-0.1, -0.05) is 36.7 Å². The van der Waals surface area contributed by atoms with E-state index in [0.29, 0.717) is 0 Å². The Labute approximate surface area is 170 Å². The van der Waals surface area contributed by atoms with E-state index in [1.807, 2.05) is 18.2 Å². The van der Waals surface area contributed by atoms with Crippen molar-refractivity contribution in [3.8, 4) is 0 Å². The predicted molar refractivity (Wildman–Crippen MR) is 117 cm³/mol. The maximum atomic E-state index is 6.29. The molecule has 2 rings (SSSR count). The number of hydrogen-bond acceptors (Lipinski definition) is 3. The Balaban J connectivity index is 1.73. The van der Waals surface area contributed by atoms with E-state index in [-0.39, 0.29) is 0 Å². The summed E-state index contributed by atoms with van der Waals surface area (Å²) >= 11 is 6.29. The van der Waals surface area contributed by atoms with Gasteiger partial charge in [0.2, 0.25) is 0 Å². The van der Waals surface area contributed by atoms with Crippen molar-refractivity contribution in [2.24, 2.45) is 4.99 Å². The van der Waals surface area contributed by atoms with Crippen LogP contribution in [0.25, 0.3) is 0 Å². The summed E-state index contributed by atoms with van der Waals surface area (Å²) in [6.07, 6.45) is 2.34. The van der Waals surface area contributed by atoms with E-state index in [1.165, 1.54) is 45.7 Å². The first kappa shape index (κ1) is 22.0. The zero-order chi connectivity index (χ0) is 19.5. The standard InChI is InChI=1S/C21H36ClN5/c1-4-23-21(25(3)18-19-10-6-7-11-20(19)22)24-12-8-9-13-27-16-14-26(5-2)15-17-27/h6-7,10-11H,4-5,8-9,12-18H2,1-3H3,(H,23,24). The van der Waals surface area contributed by atoms with Crippen molar-refractivity contribution in [3.63, 3.8) is 0 Å². The second-order valence-electron chi connectivity index (χ2n) is 7.17. The average Bonchev–Trinajstić information content (AvgIpc) is 2.69. The molecule has 5 nitrogen and oxygen atoms in total. The number of aliphatic imine (C=N–C) groups is 1. The van der Waals surface area contributed by atoms with E-state index in [4.69, 9.17) is 16.6 Å². The van der Waals surface area contributed by atoms with Gasteiger partial charge in [0.15, 0.2) is 5.96 Å². The molecule has 0 aromatic heterocycles. The molecule has 1 fully saturated rings. The van der Waals surface area contributed by atoms with Crippen LogP contribution >= 0.6 is 11.6 Å². The smallest absolute Gasteiger partial charge is 0.193 e. The van der Waals surface area contributed by atoms with E-state index in [9.17, 15) is 0 Å². The number of likely N-dealkylation sites (N-methyl/N-ethyl adjacent to an activating group) is 1. The highest BCUT2D eigenvalue weighted by atomic mass is 35.5. The highest BCUT2D eigenvalue weighted by Gasteiger charge is 2.14. The minimum absolute atomic E-state index is 0.757. The van der Waals surface area contributed by atoms with Crippen LogP contribution in [0.2, 0.25) is 5.02 Å². The molecule has 0 bridgehead atoms. The molecule has 1 heterocycles. The number of piperazine rings is 1. The van der Waals surface area contributed by atoms with Gasteiger partial charge in [-0.05, 0) is 44.5 Å². The monoisotopic (exact) mass is 393 g/mol. The normalized spacial score (nSPS) is 16.5. The van der Waals surface area contributed by atoms with Gasteiger partial charge in [-0.25, -0.2) is 0 Å². The van der Waals surface area contributed by atoms with Gasteiger partial charge in [0.05, 0.1) is 0 Å². The molecule has 1 aliphatic rings. The quantitative estimate of drug-likeness (QED) is 0.397. The third-order valence-corrected chi connectivity index (χ3v) is 5.49. The maximum Gasteiger partial charge on any atom is 0.193 e. The van der Waals surface area contributed by atoms with Gasteiger partial charge < -0.3 is 20.0 Å². The third-order valence-electron chi connectivity index (χ3n) is 5.12. The van der Waals surface area contributed by atoms with Crippen LogP contribution in [-0.2, 0) is 6.54 Å². The Morgan fingerprint density at radius 2 is 1.81 bits per heavy atom. The third kappa shape index (κ3) is 7.68. The SMILES string of the molecule is CCNC(=NCCCCN1CCN(CC)CC1)N(C)Cc1ccccc1Cl. The summed E-state index contributed by atoms with van der Waals surface area (Å²) in [5.74, 6) is 0.953. The fourth-order valence-corrected chi connectivity index (χ4v) is 3.58. The summed E-state index contributed by atoms with van der Waals surface area (Å²) in [7, 11) is 2.07. The van der Waals surface area contributed by atoms with Crippen LogP contribution in [0.15, 0.2) is 29.3 Å². The van der Waals surface area contributed by atoms with Crippen LogP contribution in [0.3, 0.4) is 0 Å². The minimum Gasteiger partial charge on any atom is -0.357 e. The number of unbranched alkanes of at least 4 members (excludes halogenated alkanes) is 1. The van der Waals surface area contributed by atoms with Crippen LogP contribution in [0.5, 0.6) is 0 Å². The van der Waals surface area contributed by atoms with Crippen LogP contribution in [-0.4, -0.2) is 80.1 Å². The number of nitrogens with zero attached hydrogens (tertiary/aromatic N) is 4. The molecule has 0 spiro atoms. The molecule has 1 aromatic rings. The van der Waals surface area contributed by atoms with E-state index in [0.717, 1.165) is 42.6 Å². The Morgan fingerprint density at radius 3 is 2.48 bits per heavy atom. The number of benzene rings is 1. The van der Waals surface area contributed by atoms with E-state index in [1.54, 1.807) is 0 Å². The first-order valence-electron chi connectivity index (χ1n) is 10.3. The zero-order valence-electron chi connectivity index (χ0n) is 17.3. The summed E-state index contributed by atoms with van der Waals surface area (Å²) in [6, 6.07) is 8.00. The number of halogens is 1. The molecule has 152 valence electrons. The fourth-order valence-electron chi connectivity index (χ4n) is 3.39. The Morgan fingerprint density at radius 1 is 1.11 bits per heavy atom. The topological polar surface area (TPSA) is 34.1 Å². The number of guanidine groups is 1. The lowest BCUT2D eigenvalue weighted by Crippen LogP contribution is -2.46. The lowest BCUT2D eigenvalue weighted by molar-refractivity contribution is 0.136. The lowest BCUT2D eigenvalue weighted by Gasteiger charge is -2.33. The number of hydrogen-bond donors (Lipinski definition) is 1. The van der Waals surface area contributed by atoms with Gasteiger partial charge in [0.1, 0.15) is 0 Å². The van der Waals surface area contributed by atoms with Crippen molar-refractivity contribution in [1.82, 2.24) is 20.0 Å². The average molecular weight is 394 g/mol. The van der Waals surface area contributed by atoms with Gasteiger partial charge in [0, 0.05) is 57.9 Å². The predicted octanol–water partition coefficient (Wildman–Crippen LogP) is 3.16. The summed E-state index contributed by atoms with van der Waals surface area (Å²) < 4.78 is 0. The molecule has 1 saturated heterocycles. The van der Waals surface area contributed by atoms with E-state index in [2.05, 4.69) is 47.0 Å². The molecular weight excluding hydrogens is 358 g/mol. The highest BCUT2D eigenvalue weighted by Crippen LogP contribution is 2.16. The molecule has 1 aliphatic heterocycles. The van der Waals surface area contributed by atoms with Gasteiger partial charge >= 0.3 is 0 Å². The fraction of sp³-hybridized carbons (Fsp3) is 0.667. The second kappa shape index (κ2) is 12.2. The largest absolute Gasteiger partial charge is 0.357 e. The molecule has 0 amide bonds. The van der Waals surface area contributed by atoms with E-state index < -0.39 is 0 Å². The molecule has 6 heteroatoms. The molecule has 1 aromatic carbocycles. The molecule has 0 radical (unpaired) electrons. The van der Waals surface area contributed by atoms with Crippen LogP contribution in [0.4, 0.5) is 0 Å². The van der Waals surface area contributed by atoms with Crippen molar-refractivity contribution in [2.45, 2.75) is 33.2 Å². The summed E-state index contributed by atoms with van der Waals surface area (Å²) in [6.45, 7) is 14.1. The molecule has 0 atom stereocenters. The number of rotatable bonds is 9. The molecule has 27 heavy (non-hydrogen) atoms. The Hall–Kier alpha value is -1.30. The van der Waals surface area contributed by atoms with Gasteiger partial charge in [-0.3, -0.25) is 4.99 Å². The molecule has 1 N–H and O–H groups in total. The first-order chi connectivity index (χ1) is 13.1. The Kier molecular flexibility index (Phi) is 9.95. The molecule has 0 unspecified atom stereocenters. The maximum absolute atomic E-state index is 6.29. The number of nitrogens with one attached hydrogen (secondary N) is 1. The van der Waals surface area contributed by atoms with Crippen molar-refractivity contribution < 1.29 is 0 Å². The van der Waals surface area contributed by atoms with Crippen molar-refractivity contribution in [2.75, 3.05) is 59.4 Å². The van der Waals surface area contributed by atoms with Gasteiger partial charge in [-0.15, -0.1) is 0 Å². The first-order valence-corrected chi connectivity index (χ1v) is 10.7. The highest BCUT2D eigenvalue weighted by molar-refractivity contribution is 6.31. The van der Waals surface area contributed by atoms with Crippen molar-refractivity contribution in [3.05, 3.63) is 34.9 Å². The van der Waals surface area contributed by atoms with Crippen LogP contribution in [0, 0.1) is 0 Å². The van der Waals surface area contributed by atoms with Gasteiger partial charge in [0.25, 0.3) is 0 Å². The summed E-state index contributed by atoms with van der Waals surface area (Å²) in [5, 5.41) is 4.20. The van der Waals surface area contributed by atoms with Crippen molar-refractivity contribution in [1.29, 1.82) is 0 Å². The Bertz CT molecular complexity index is 569. The summed E-state index contributed by atoms with van der Waals surface area (Å²) in [5.41, 5.74) is 1.12. The minimum atomic E-state index is 0.757. The van der Waals surface area contributed by atoms with Gasteiger partial charge in [-0.2, -0.15) is 0 Å². The second-order valence-corrected chi connectivity index (χ2v) is 7.57. The molecule has 0 aliphatic carbocycles. The molecule has 0 saturated carbocycles. The lowest BCUT2D eigenvalue weighted by atomic mass is 10.2. The van der Waals surface area contributed by atoms with E-state index >= 15 is 0 Å². The summed E-state index contributed by atoms with van der Waals surface area (Å²) in [4.78, 5) is 12.1. The van der Waals surface area contributed by atoms with Crippen molar-refractivity contribution >= 4 is 17.6 Å². The van der Waals surface area contributed by atoms with Crippen LogP contribution in [0.1, 0.15) is 32.3 Å².